The third-order valence-corrected chi connectivity index (χ3v) is 19.7. The van der Waals surface area contributed by atoms with Crippen molar-refractivity contribution in [3.63, 3.8) is 0 Å². The number of methoxy groups -OCH3 is 2. The van der Waals surface area contributed by atoms with Crippen molar-refractivity contribution in [3.8, 4) is 11.5 Å². The zero-order valence-electron chi connectivity index (χ0n) is 58.5. The number of carbonyl (C=O) groups excluding carboxylic acids is 7. The number of ketones is 1. The van der Waals surface area contributed by atoms with Gasteiger partial charge in [0.15, 0.2) is 5.78 Å². The predicted molar refractivity (Wildman–Crippen MR) is 362 cm³/mol. The molecule has 0 aliphatic carbocycles. The molecule has 11 N–H and O–H groups in total. The first-order valence-corrected chi connectivity index (χ1v) is 35.8. The lowest BCUT2D eigenvalue weighted by atomic mass is 9.88. The topological polar surface area (TPSA) is 386 Å². The van der Waals surface area contributed by atoms with Crippen molar-refractivity contribution < 1.29 is 69.3 Å². The Labute approximate surface area is 558 Å². The fourth-order valence-corrected chi connectivity index (χ4v) is 14.0. The molecule has 28 heteroatoms. The third kappa shape index (κ3) is 26.2. The zero-order chi connectivity index (χ0) is 70.9. The number of fused-ring (bicyclic) bond motifs is 1. The number of guanidine groups is 2. The predicted octanol–water partition coefficient (Wildman–Crippen LogP) is 7.05. The second kappa shape index (κ2) is 37.8. The van der Waals surface area contributed by atoms with Crippen molar-refractivity contribution >= 4 is 73.4 Å². The maximum Gasteiger partial charge on any atom is 0.407 e. The highest BCUT2D eigenvalue weighted by Crippen LogP contribution is 2.42. The average Bonchev–Trinajstić information content (AvgIpc) is 0.759. The second-order valence-corrected chi connectivity index (χ2v) is 29.4. The van der Waals surface area contributed by atoms with Crippen molar-refractivity contribution in [2.75, 3.05) is 33.9 Å². The van der Waals surface area contributed by atoms with Crippen LogP contribution in [0.2, 0.25) is 0 Å². The third-order valence-electron chi connectivity index (χ3n) is 16.4. The van der Waals surface area contributed by atoms with Crippen molar-refractivity contribution in [1.82, 2.24) is 36.0 Å². The van der Waals surface area contributed by atoms with Crippen LogP contribution < -0.4 is 57.0 Å². The number of nitrogens with one attached hydrogen (secondary N) is 7. The molecule has 26 nitrogen and oxygen atoms in total. The number of aryl methyl sites for hydroxylation is 1. The first-order chi connectivity index (χ1) is 43.9. The van der Waals surface area contributed by atoms with Crippen LogP contribution >= 0.6 is 0 Å². The van der Waals surface area contributed by atoms with Crippen molar-refractivity contribution in [1.29, 1.82) is 0 Å². The fraction of sp³-hybridized carbons (Fsp3) is 0.682. The van der Waals surface area contributed by atoms with Gasteiger partial charge in [0, 0.05) is 32.5 Å². The van der Waals surface area contributed by atoms with E-state index in [-0.39, 0.29) is 87.2 Å². The van der Waals surface area contributed by atoms with Crippen LogP contribution in [0.3, 0.4) is 0 Å². The van der Waals surface area contributed by atoms with Crippen LogP contribution in [0.4, 0.5) is 4.79 Å². The maximum atomic E-state index is 14.6. The number of alkyl carbamates (subject to hydrolysis) is 1. The Balaban J connectivity index is 1.91. The monoisotopic (exact) mass is 1360 g/mol. The Kier molecular flexibility index (Phi) is 32.5. The lowest BCUT2D eigenvalue weighted by Gasteiger charge is -2.35. The molecule has 0 saturated heterocycles. The number of hydrogen-bond acceptors (Lipinski definition) is 17. The Morgan fingerprint density at radius 1 is 0.638 bits per heavy atom. The molecule has 0 spiro atoms. The van der Waals surface area contributed by atoms with E-state index in [0.29, 0.717) is 70.6 Å². The number of nitrogens with two attached hydrogens (primary N) is 2. The normalized spacial score (nSPS) is 14.6. The van der Waals surface area contributed by atoms with Gasteiger partial charge >= 0.3 is 12.1 Å². The standard InChI is InChI=1S/C66H109N11O15S2/c1-17-18-19-20-21-22-23-31-53(79)72-49(30-27-38-70-62(67)76-93(85,86)57-41(4)39-52(89-15)42(5)44(57)7)60(82)75-55(40(2)3)61(83)74-50(28-24-25-36-71-64(84)92-65(10,11)12)59(81)73-48(51(78)32-33-54(80)90-16)29-26-37-69-63(68)77-94(87,88)58-45(8)43(6)56-47(46(58)9)34-35-66(13,14)91-56/h39-40,48-50,55H,17-38H2,1-16H3,(H,71,84)(H,72,79)(H,73,81)(H,74,83)(H,75,82)(H3,67,70,76)(H3,68,69,77)/t48-,49-,50-,55-/m0/s1. The van der Waals surface area contributed by atoms with Gasteiger partial charge in [-0.1, -0.05) is 59.3 Å². The molecule has 5 amide bonds. The van der Waals surface area contributed by atoms with E-state index < -0.39 is 115 Å². The fourth-order valence-electron chi connectivity index (χ4n) is 11.0. The van der Waals surface area contributed by atoms with Crippen LogP contribution in [-0.4, -0.2) is 139 Å². The first kappa shape index (κ1) is 81.0. The van der Waals surface area contributed by atoms with Crippen LogP contribution in [0, 0.1) is 47.5 Å². The number of nitrogens with zero attached hydrogens (tertiary/aromatic N) is 2. The number of benzene rings is 2. The van der Waals surface area contributed by atoms with Crippen LogP contribution in [-0.2, 0) is 64.7 Å². The number of aliphatic imine (C=N–C) groups is 2. The Morgan fingerprint density at radius 3 is 1.74 bits per heavy atom. The molecule has 3 rings (SSSR count). The minimum Gasteiger partial charge on any atom is -0.496 e. The molecule has 1 aliphatic rings. The number of ether oxygens (including phenoxy) is 4. The van der Waals surface area contributed by atoms with E-state index in [1.807, 2.05) is 20.8 Å². The van der Waals surface area contributed by atoms with Gasteiger partial charge in [-0.25, -0.2) is 31.1 Å². The SMILES string of the molecule is CCCCCCCCCC(=O)N[C@@H](CCCN=C(N)NS(=O)(=O)c1c(C)cc(OC)c(C)c1C)C(=O)N[C@H](C(=O)N[C@@H](CCCCNC(=O)OC(C)(C)C)C(=O)N[C@@H](CCCN=C(N)NS(=O)(=O)c1c(C)c(C)c2c(c1C)CCC(C)(C)O2)C(=O)CCC(=O)OC)C(C)C. The van der Waals surface area contributed by atoms with Gasteiger partial charge in [-0.3, -0.25) is 38.8 Å². The molecule has 1 heterocycles. The van der Waals surface area contributed by atoms with Gasteiger partial charge in [-0.05, 0) is 191 Å². The molecule has 2 aromatic carbocycles. The summed E-state index contributed by atoms with van der Waals surface area (Å²) in [6.45, 7) is 24.8. The van der Waals surface area contributed by atoms with Crippen molar-refractivity contribution in [2.24, 2.45) is 27.4 Å². The van der Waals surface area contributed by atoms with Gasteiger partial charge in [-0.15, -0.1) is 0 Å². The van der Waals surface area contributed by atoms with Gasteiger partial charge in [0.05, 0.1) is 36.5 Å². The molecule has 0 bridgehead atoms. The largest absolute Gasteiger partial charge is 0.496 e. The summed E-state index contributed by atoms with van der Waals surface area (Å²) < 4.78 is 81.6. The molecule has 1 aliphatic heterocycles. The minimum atomic E-state index is -4.25. The van der Waals surface area contributed by atoms with Crippen LogP contribution in [0.1, 0.15) is 210 Å². The van der Waals surface area contributed by atoms with E-state index >= 15 is 0 Å². The summed E-state index contributed by atoms with van der Waals surface area (Å²) >= 11 is 0. The number of unbranched alkanes of at least 4 members (excludes halogenated alkanes) is 7. The van der Waals surface area contributed by atoms with Crippen molar-refractivity contribution in [3.05, 3.63) is 45.0 Å². The number of sulfonamides is 2. The summed E-state index contributed by atoms with van der Waals surface area (Å²) in [5.41, 5.74) is 15.2. The highest BCUT2D eigenvalue weighted by atomic mass is 32.2. The van der Waals surface area contributed by atoms with Crippen LogP contribution in [0.5, 0.6) is 11.5 Å². The Bertz CT molecular complexity index is 3250. The van der Waals surface area contributed by atoms with Crippen LogP contribution in [0.15, 0.2) is 25.8 Å². The lowest BCUT2D eigenvalue weighted by Crippen LogP contribution is -2.59. The van der Waals surface area contributed by atoms with Gasteiger partial charge in [0.1, 0.15) is 40.8 Å². The number of rotatable bonds is 38. The van der Waals surface area contributed by atoms with E-state index in [1.54, 1.807) is 75.3 Å². The molecule has 4 atom stereocenters. The maximum absolute atomic E-state index is 14.6. The Morgan fingerprint density at radius 2 is 1.17 bits per heavy atom. The number of hydrogen-bond donors (Lipinski definition) is 9. The molecule has 2 aromatic rings. The number of carbonyl (C=O) groups is 7. The molecule has 530 valence electrons. The Hall–Kier alpha value is -7.23. The molecular formula is C66H109N11O15S2. The first-order valence-electron chi connectivity index (χ1n) is 32.8. The molecule has 0 saturated carbocycles. The highest BCUT2D eigenvalue weighted by Gasteiger charge is 2.36. The zero-order valence-corrected chi connectivity index (χ0v) is 60.1. The number of Topliss-reactive ketones (excluding diaryl/α,β-unsaturated/α-hetero) is 1. The van der Waals surface area contributed by atoms with Gasteiger partial charge in [0.25, 0.3) is 20.0 Å². The summed E-state index contributed by atoms with van der Waals surface area (Å²) in [6.07, 6.45) is 7.47. The molecule has 94 heavy (non-hydrogen) atoms. The summed E-state index contributed by atoms with van der Waals surface area (Å²) in [5.74, 6) is -4.15. The summed E-state index contributed by atoms with van der Waals surface area (Å²) in [4.78, 5) is 104. The van der Waals surface area contributed by atoms with Crippen molar-refractivity contribution in [2.45, 2.75) is 264 Å². The number of amides is 5. The van der Waals surface area contributed by atoms with E-state index in [0.717, 1.165) is 44.1 Å². The average molecular weight is 1360 g/mol. The highest BCUT2D eigenvalue weighted by molar-refractivity contribution is 7.90. The smallest absolute Gasteiger partial charge is 0.407 e. The summed E-state index contributed by atoms with van der Waals surface area (Å²) in [6, 6.07) is -3.48. The molecule has 0 aromatic heterocycles. The molecule has 0 unspecified atom stereocenters. The van der Waals surface area contributed by atoms with Gasteiger partial charge in [-0.2, -0.15) is 0 Å². The van der Waals surface area contributed by atoms with Gasteiger partial charge < -0.3 is 57.0 Å². The van der Waals surface area contributed by atoms with Gasteiger partial charge in [0.2, 0.25) is 35.5 Å². The molecule has 0 radical (unpaired) electrons. The quantitative estimate of drug-likeness (QED) is 0.0141. The minimum absolute atomic E-state index is 0.00894. The number of esters is 1. The summed E-state index contributed by atoms with van der Waals surface area (Å²) in [7, 11) is -5.79. The van der Waals surface area contributed by atoms with Crippen LogP contribution in [0.25, 0.3) is 0 Å². The summed E-state index contributed by atoms with van der Waals surface area (Å²) in [5, 5.41) is 13.8. The lowest BCUT2D eigenvalue weighted by molar-refractivity contribution is -0.142. The van der Waals surface area contributed by atoms with E-state index in [4.69, 9.17) is 30.4 Å². The van der Waals surface area contributed by atoms with E-state index in [2.05, 4.69) is 52.9 Å². The van der Waals surface area contributed by atoms with E-state index in [9.17, 15) is 50.4 Å². The molecule has 0 fully saturated rings. The van der Waals surface area contributed by atoms with E-state index in [1.165, 1.54) is 14.2 Å². The molecular weight excluding hydrogens is 1250 g/mol. The second-order valence-electron chi connectivity index (χ2n) is 26.2.